The second kappa shape index (κ2) is 5.30. The third kappa shape index (κ3) is 2.81. The van der Waals surface area contributed by atoms with E-state index in [1.165, 1.54) is 13.2 Å². The van der Waals surface area contributed by atoms with Gasteiger partial charge >= 0.3 is 0 Å². The Morgan fingerprint density at radius 2 is 2.27 bits per heavy atom. The fourth-order valence-electron chi connectivity index (χ4n) is 1.37. The van der Waals surface area contributed by atoms with Gasteiger partial charge in [-0.15, -0.1) is 0 Å². The van der Waals surface area contributed by atoms with Gasteiger partial charge in [0.05, 0.1) is 12.1 Å². The molecule has 1 rings (SSSR count). The minimum absolute atomic E-state index is 0.0710. The molecule has 84 valence electrons. The number of rotatable bonds is 4. The van der Waals surface area contributed by atoms with Crippen molar-refractivity contribution in [2.75, 3.05) is 13.7 Å². The van der Waals surface area contributed by atoms with Gasteiger partial charge in [0, 0.05) is 18.2 Å². The van der Waals surface area contributed by atoms with Gasteiger partial charge in [0.2, 0.25) is 0 Å². The maximum atomic E-state index is 13.1. The van der Waals surface area contributed by atoms with Crippen LogP contribution in [0.15, 0.2) is 12.1 Å². The monoisotopic (exact) mass is 233 g/mol. The Bertz CT molecular complexity index is 346. The molecule has 0 bridgehead atoms. The van der Waals surface area contributed by atoms with Crippen molar-refractivity contribution in [3.05, 3.63) is 28.5 Å². The molecule has 0 radical (unpaired) electrons. The topological polar surface area (TPSA) is 55.5 Å². The lowest BCUT2D eigenvalue weighted by Crippen LogP contribution is -2.13. The fraction of sp³-hybridized carbons (Fsp3) is 0.400. The highest BCUT2D eigenvalue weighted by atomic mass is 35.5. The average molecular weight is 234 g/mol. The second-order valence-corrected chi connectivity index (χ2v) is 3.54. The molecule has 15 heavy (non-hydrogen) atoms. The normalized spacial score (nSPS) is 12.6. The molecule has 0 aromatic heterocycles. The summed E-state index contributed by atoms with van der Waals surface area (Å²) in [5.41, 5.74) is 6.22. The number of aliphatic hydroxyl groups is 1. The van der Waals surface area contributed by atoms with E-state index in [-0.39, 0.29) is 11.6 Å². The molecule has 0 spiro atoms. The van der Waals surface area contributed by atoms with Gasteiger partial charge in [-0.1, -0.05) is 11.6 Å². The average Bonchev–Trinajstić information content (AvgIpc) is 2.17. The number of hydrogen-bond acceptors (Lipinski definition) is 3. The van der Waals surface area contributed by atoms with Crippen LogP contribution < -0.4 is 10.5 Å². The van der Waals surface area contributed by atoms with Crippen LogP contribution >= 0.6 is 11.6 Å². The Morgan fingerprint density at radius 3 is 2.80 bits per heavy atom. The highest BCUT2D eigenvalue weighted by Gasteiger charge is 2.16. The van der Waals surface area contributed by atoms with Crippen LogP contribution in [0, 0.1) is 5.82 Å². The highest BCUT2D eigenvalue weighted by molar-refractivity contribution is 6.32. The van der Waals surface area contributed by atoms with Crippen LogP contribution in [-0.2, 0) is 0 Å². The molecule has 0 amide bonds. The number of halogens is 2. The van der Waals surface area contributed by atoms with E-state index in [0.717, 1.165) is 6.07 Å². The van der Waals surface area contributed by atoms with Gasteiger partial charge in [-0.25, -0.2) is 4.39 Å². The molecular formula is C10H13ClFNO2. The molecule has 0 aliphatic heterocycles. The van der Waals surface area contributed by atoms with Crippen LogP contribution in [0.4, 0.5) is 4.39 Å². The Hall–Kier alpha value is -0.840. The Labute approximate surface area is 92.6 Å². The lowest BCUT2D eigenvalue weighted by atomic mass is 10.0. The van der Waals surface area contributed by atoms with E-state index in [1.807, 2.05) is 0 Å². The zero-order valence-electron chi connectivity index (χ0n) is 8.34. The van der Waals surface area contributed by atoms with Gasteiger partial charge in [0.15, 0.2) is 0 Å². The van der Waals surface area contributed by atoms with E-state index in [1.54, 1.807) is 0 Å². The first-order valence-electron chi connectivity index (χ1n) is 4.49. The van der Waals surface area contributed by atoms with Crippen molar-refractivity contribution in [1.29, 1.82) is 0 Å². The van der Waals surface area contributed by atoms with Crippen molar-refractivity contribution < 1.29 is 14.2 Å². The highest BCUT2D eigenvalue weighted by Crippen LogP contribution is 2.33. The zero-order valence-corrected chi connectivity index (χ0v) is 9.09. The zero-order chi connectivity index (χ0) is 11.4. The Kier molecular flexibility index (Phi) is 4.32. The number of methoxy groups -OCH3 is 1. The van der Waals surface area contributed by atoms with Gasteiger partial charge in [-0.2, -0.15) is 0 Å². The van der Waals surface area contributed by atoms with Crippen molar-refractivity contribution in [1.82, 2.24) is 0 Å². The molecule has 1 unspecified atom stereocenters. The summed E-state index contributed by atoms with van der Waals surface area (Å²) < 4.78 is 18.1. The molecule has 0 saturated heterocycles. The van der Waals surface area contributed by atoms with Crippen LogP contribution in [-0.4, -0.2) is 18.8 Å². The maximum Gasteiger partial charge on any atom is 0.142 e. The first-order chi connectivity index (χ1) is 7.10. The summed E-state index contributed by atoms with van der Waals surface area (Å²) in [7, 11) is 1.44. The predicted molar refractivity (Wildman–Crippen MR) is 56.6 cm³/mol. The summed E-state index contributed by atoms with van der Waals surface area (Å²) in [6.45, 7) is -0.0710. The van der Waals surface area contributed by atoms with Crippen molar-refractivity contribution >= 4 is 11.6 Å². The molecule has 0 fully saturated rings. The fourth-order valence-corrected chi connectivity index (χ4v) is 1.66. The predicted octanol–water partition coefficient (Wildman–Crippen LogP) is 1.87. The standard InChI is InChI=1S/C10H13ClFNO2/c1-15-10-7(9(13)2-3-14)4-6(12)5-8(10)11/h4-5,9,14H,2-3,13H2,1H3. The molecule has 0 heterocycles. The summed E-state index contributed by atoms with van der Waals surface area (Å²) in [5.74, 6) is -0.108. The van der Waals surface area contributed by atoms with Crippen LogP contribution in [0.2, 0.25) is 5.02 Å². The van der Waals surface area contributed by atoms with E-state index in [9.17, 15) is 4.39 Å². The quantitative estimate of drug-likeness (QED) is 0.835. The van der Waals surface area contributed by atoms with Gasteiger partial charge in [-0.3, -0.25) is 0 Å². The summed E-state index contributed by atoms with van der Waals surface area (Å²) >= 11 is 5.80. The largest absolute Gasteiger partial charge is 0.495 e. The van der Waals surface area contributed by atoms with Crippen LogP contribution in [0.5, 0.6) is 5.75 Å². The third-order valence-corrected chi connectivity index (χ3v) is 2.36. The van der Waals surface area contributed by atoms with Crippen molar-refractivity contribution in [3.63, 3.8) is 0 Å². The maximum absolute atomic E-state index is 13.1. The molecule has 1 aromatic rings. The summed E-state index contributed by atoms with van der Waals surface area (Å²) in [6, 6.07) is 1.94. The van der Waals surface area contributed by atoms with Gasteiger partial charge < -0.3 is 15.6 Å². The molecule has 3 N–H and O–H groups in total. The lowest BCUT2D eigenvalue weighted by Gasteiger charge is -2.15. The third-order valence-electron chi connectivity index (χ3n) is 2.08. The van der Waals surface area contributed by atoms with E-state index in [2.05, 4.69) is 0 Å². The first kappa shape index (κ1) is 12.2. The van der Waals surface area contributed by atoms with Crippen LogP contribution in [0.1, 0.15) is 18.0 Å². The number of aliphatic hydroxyl groups excluding tert-OH is 1. The molecule has 0 aliphatic rings. The molecule has 0 aliphatic carbocycles. The second-order valence-electron chi connectivity index (χ2n) is 3.13. The van der Waals surface area contributed by atoms with Crippen LogP contribution in [0.3, 0.4) is 0 Å². The van der Waals surface area contributed by atoms with Gasteiger partial charge in [0.25, 0.3) is 0 Å². The van der Waals surface area contributed by atoms with Crippen molar-refractivity contribution in [3.8, 4) is 5.75 Å². The van der Waals surface area contributed by atoms with Crippen molar-refractivity contribution in [2.45, 2.75) is 12.5 Å². The number of benzene rings is 1. The number of hydrogen-bond donors (Lipinski definition) is 2. The van der Waals surface area contributed by atoms with Gasteiger partial charge in [0.1, 0.15) is 11.6 Å². The summed E-state index contributed by atoms with van der Waals surface area (Å²) in [4.78, 5) is 0. The number of ether oxygens (including phenoxy) is 1. The molecule has 5 heteroatoms. The Balaban J connectivity index is 3.13. The van der Waals surface area contributed by atoms with Crippen LogP contribution in [0.25, 0.3) is 0 Å². The van der Waals surface area contributed by atoms with E-state index in [4.69, 9.17) is 27.2 Å². The van der Waals surface area contributed by atoms with E-state index < -0.39 is 11.9 Å². The Morgan fingerprint density at radius 1 is 1.60 bits per heavy atom. The first-order valence-corrected chi connectivity index (χ1v) is 4.87. The lowest BCUT2D eigenvalue weighted by molar-refractivity contribution is 0.275. The summed E-state index contributed by atoms with van der Waals surface area (Å²) in [5, 5.41) is 8.93. The summed E-state index contributed by atoms with van der Waals surface area (Å²) in [6.07, 6.45) is 0.330. The molecule has 0 saturated carbocycles. The minimum atomic E-state index is -0.488. The molecule has 1 atom stereocenters. The molecule has 1 aromatic carbocycles. The minimum Gasteiger partial charge on any atom is -0.495 e. The molecular weight excluding hydrogens is 221 g/mol. The number of nitrogens with two attached hydrogens (primary N) is 1. The van der Waals surface area contributed by atoms with Gasteiger partial charge in [-0.05, 0) is 18.6 Å². The SMILES string of the molecule is COc1c(Cl)cc(F)cc1C(N)CCO. The van der Waals surface area contributed by atoms with E-state index >= 15 is 0 Å². The smallest absolute Gasteiger partial charge is 0.142 e. The van der Waals surface area contributed by atoms with E-state index in [0.29, 0.717) is 17.7 Å². The van der Waals surface area contributed by atoms with Crippen molar-refractivity contribution in [2.24, 2.45) is 5.73 Å². The molecule has 3 nitrogen and oxygen atoms in total.